The number of carbonyl (C=O) groups excluding carboxylic acids is 3. The van der Waals surface area contributed by atoms with Gasteiger partial charge in [-0.25, -0.2) is 4.79 Å². The summed E-state index contributed by atoms with van der Waals surface area (Å²) in [6, 6.07) is 0.574. The summed E-state index contributed by atoms with van der Waals surface area (Å²) in [5.74, 6) is 1.94. The second kappa shape index (κ2) is 10.2. The van der Waals surface area contributed by atoms with E-state index in [1.54, 1.807) is 18.7 Å². The summed E-state index contributed by atoms with van der Waals surface area (Å²) >= 11 is 3.55. The largest absolute Gasteiger partial charge is 0.450 e. The van der Waals surface area contributed by atoms with Crippen molar-refractivity contribution in [1.82, 2.24) is 16.0 Å². The average Bonchev–Trinajstić information content (AvgIpc) is 3.31. The molecule has 28 heavy (non-hydrogen) atoms. The summed E-state index contributed by atoms with van der Waals surface area (Å²) in [5.41, 5.74) is 0. The third-order valence-electron chi connectivity index (χ3n) is 5.90. The number of alkyl carbamates (subject to hydrolysis) is 1. The number of imide groups is 1. The fourth-order valence-electron chi connectivity index (χ4n) is 4.32. The lowest BCUT2D eigenvalue weighted by Gasteiger charge is -2.32. The fourth-order valence-corrected chi connectivity index (χ4v) is 6.79. The van der Waals surface area contributed by atoms with E-state index in [-0.39, 0.29) is 29.7 Å². The molecule has 3 aliphatic rings. The molecular formula is C19H31N3O4S2. The lowest BCUT2D eigenvalue weighted by molar-refractivity contribution is -0.128. The smallest absolute Gasteiger partial charge is 0.413 e. The molecule has 0 bridgehead atoms. The normalized spacial score (nSPS) is 35.4. The summed E-state index contributed by atoms with van der Waals surface area (Å²) in [5, 5.41) is 9.25. The highest BCUT2D eigenvalue weighted by Gasteiger charge is 2.38. The summed E-state index contributed by atoms with van der Waals surface area (Å²) in [7, 11) is 0. The van der Waals surface area contributed by atoms with Crippen LogP contribution in [0.2, 0.25) is 0 Å². The van der Waals surface area contributed by atoms with E-state index < -0.39 is 12.0 Å². The summed E-state index contributed by atoms with van der Waals surface area (Å²) in [4.78, 5) is 36.6. The van der Waals surface area contributed by atoms with Gasteiger partial charge in [-0.05, 0) is 57.6 Å². The van der Waals surface area contributed by atoms with Crippen LogP contribution in [-0.4, -0.2) is 52.8 Å². The lowest BCUT2D eigenvalue weighted by atomic mass is 9.78. The van der Waals surface area contributed by atoms with Crippen molar-refractivity contribution in [3.8, 4) is 0 Å². The van der Waals surface area contributed by atoms with Gasteiger partial charge in [0.05, 0.1) is 23.3 Å². The first-order valence-corrected chi connectivity index (χ1v) is 12.3. The van der Waals surface area contributed by atoms with Crippen LogP contribution in [0, 0.1) is 17.8 Å². The Balaban J connectivity index is 1.45. The van der Waals surface area contributed by atoms with Crippen LogP contribution in [0.3, 0.4) is 0 Å². The number of hydrogen-bond donors (Lipinski definition) is 3. The first-order valence-electron chi connectivity index (χ1n) is 10.2. The van der Waals surface area contributed by atoms with Gasteiger partial charge < -0.3 is 15.4 Å². The summed E-state index contributed by atoms with van der Waals surface area (Å²) in [6.45, 7) is 4.11. The Bertz CT molecular complexity index is 584. The van der Waals surface area contributed by atoms with E-state index in [2.05, 4.69) is 22.9 Å². The Morgan fingerprint density at radius 1 is 1.07 bits per heavy atom. The van der Waals surface area contributed by atoms with Crippen molar-refractivity contribution in [3.63, 3.8) is 0 Å². The molecule has 158 valence electrons. The molecule has 3 fully saturated rings. The Kier molecular flexibility index (Phi) is 7.93. The first kappa shape index (κ1) is 21.8. The minimum absolute atomic E-state index is 0.0256. The highest BCUT2D eigenvalue weighted by atomic mass is 32.2. The molecule has 1 saturated carbocycles. The van der Waals surface area contributed by atoms with Crippen LogP contribution < -0.4 is 16.0 Å². The molecular weight excluding hydrogens is 398 g/mol. The Morgan fingerprint density at radius 2 is 1.82 bits per heavy atom. The predicted octanol–water partition coefficient (Wildman–Crippen LogP) is 2.31. The standard InChI is InChI=1S/C19H31N3O4S2/c1-3-26-19(25)22-17(24)14-8-9-27-18(14)21-16(23)13-6-4-12(5-7-13)15-10-28-11(2)20-15/h11-15,18,20H,3-10H2,1-2H3,(H,21,23)(H,22,24,25). The Morgan fingerprint density at radius 3 is 2.46 bits per heavy atom. The molecule has 9 heteroatoms. The van der Waals surface area contributed by atoms with Gasteiger partial charge in [-0.15, -0.1) is 23.5 Å². The zero-order valence-electron chi connectivity index (χ0n) is 16.6. The van der Waals surface area contributed by atoms with Crippen molar-refractivity contribution >= 4 is 41.4 Å². The maximum atomic E-state index is 12.8. The fraction of sp³-hybridized carbons (Fsp3) is 0.842. The van der Waals surface area contributed by atoms with E-state index in [9.17, 15) is 14.4 Å². The van der Waals surface area contributed by atoms with Crippen LogP contribution in [0.15, 0.2) is 0 Å². The number of amides is 3. The molecule has 2 saturated heterocycles. The van der Waals surface area contributed by atoms with E-state index in [1.165, 1.54) is 5.75 Å². The van der Waals surface area contributed by atoms with Crippen molar-refractivity contribution in [2.45, 2.75) is 62.7 Å². The molecule has 0 aromatic carbocycles. The van der Waals surface area contributed by atoms with E-state index >= 15 is 0 Å². The molecule has 7 nitrogen and oxygen atoms in total. The number of rotatable bonds is 5. The number of hydrogen-bond acceptors (Lipinski definition) is 7. The van der Waals surface area contributed by atoms with Gasteiger partial charge in [0.15, 0.2) is 0 Å². The van der Waals surface area contributed by atoms with Gasteiger partial charge in [0.2, 0.25) is 11.8 Å². The molecule has 2 heterocycles. The summed E-state index contributed by atoms with van der Waals surface area (Å²) in [6.07, 6.45) is 3.90. The molecule has 0 aromatic heterocycles. The van der Waals surface area contributed by atoms with Crippen molar-refractivity contribution < 1.29 is 19.1 Å². The zero-order valence-corrected chi connectivity index (χ0v) is 18.2. The molecule has 4 atom stereocenters. The molecule has 0 spiro atoms. The van der Waals surface area contributed by atoms with Gasteiger partial charge in [0, 0.05) is 17.7 Å². The number of ether oxygens (including phenoxy) is 1. The molecule has 0 radical (unpaired) electrons. The molecule has 3 rings (SSSR count). The van der Waals surface area contributed by atoms with Crippen LogP contribution in [-0.2, 0) is 14.3 Å². The van der Waals surface area contributed by atoms with Gasteiger partial charge >= 0.3 is 6.09 Å². The van der Waals surface area contributed by atoms with Crippen molar-refractivity contribution in [2.75, 3.05) is 18.1 Å². The van der Waals surface area contributed by atoms with Gasteiger partial charge in [0.1, 0.15) is 0 Å². The van der Waals surface area contributed by atoms with Crippen molar-refractivity contribution in [2.24, 2.45) is 17.8 Å². The van der Waals surface area contributed by atoms with E-state index in [1.807, 2.05) is 11.8 Å². The van der Waals surface area contributed by atoms with Crippen LogP contribution in [0.4, 0.5) is 4.79 Å². The van der Waals surface area contributed by atoms with Gasteiger partial charge in [-0.1, -0.05) is 0 Å². The highest BCUT2D eigenvalue weighted by molar-refractivity contribution is 8.00. The number of nitrogens with one attached hydrogen (secondary N) is 3. The predicted molar refractivity (Wildman–Crippen MR) is 112 cm³/mol. The maximum Gasteiger partial charge on any atom is 0.413 e. The van der Waals surface area contributed by atoms with Gasteiger partial charge in [-0.2, -0.15) is 0 Å². The Hall–Kier alpha value is -0.930. The number of thioether (sulfide) groups is 2. The molecule has 3 amide bonds. The average molecular weight is 430 g/mol. The molecule has 1 aliphatic carbocycles. The third kappa shape index (κ3) is 5.57. The number of carbonyl (C=O) groups is 3. The van der Waals surface area contributed by atoms with Crippen LogP contribution in [0.5, 0.6) is 0 Å². The Labute approximate surface area is 175 Å². The maximum absolute atomic E-state index is 12.8. The monoisotopic (exact) mass is 429 g/mol. The second-order valence-corrected chi connectivity index (χ2v) is 10.4. The van der Waals surface area contributed by atoms with E-state index in [0.717, 1.165) is 31.4 Å². The van der Waals surface area contributed by atoms with Crippen LogP contribution in [0.1, 0.15) is 46.0 Å². The van der Waals surface area contributed by atoms with E-state index in [4.69, 9.17) is 4.74 Å². The molecule has 0 aromatic rings. The van der Waals surface area contributed by atoms with Crippen molar-refractivity contribution in [3.05, 3.63) is 0 Å². The molecule has 3 N–H and O–H groups in total. The molecule has 4 unspecified atom stereocenters. The minimum Gasteiger partial charge on any atom is -0.450 e. The van der Waals surface area contributed by atoms with E-state index in [0.29, 0.717) is 23.8 Å². The first-order chi connectivity index (χ1) is 13.5. The topological polar surface area (TPSA) is 96.5 Å². The van der Waals surface area contributed by atoms with Gasteiger partial charge in [-0.3, -0.25) is 14.9 Å². The van der Waals surface area contributed by atoms with Crippen LogP contribution in [0.25, 0.3) is 0 Å². The van der Waals surface area contributed by atoms with Crippen molar-refractivity contribution in [1.29, 1.82) is 0 Å². The highest BCUT2D eigenvalue weighted by Crippen LogP contribution is 2.36. The summed E-state index contributed by atoms with van der Waals surface area (Å²) < 4.78 is 4.77. The third-order valence-corrected chi connectivity index (χ3v) is 8.36. The molecule has 2 aliphatic heterocycles. The van der Waals surface area contributed by atoms with Crippen LogP contribution >= 0.6 is 23.5 Å². The van der Waals surface area contributed by atoms with Gasteiger partial charge in [0.25, 0.3) is 0 Å². The quantitative estimate of drug-likeness (QED) is 0.617. The lowest BCUT2D eigenvalue weighted by Crippen LogP contribution is -2.47. The minimum atomic E-state index is -0.721. The zero-order chi connectivity index (χ0) is 20.1. The SMILES string of the molecule is CCOC(=O)NC(=O)C1CCSC1NC(=O)C1CCC(C2CSC(C)N2)CC1. The second-order valence-electron chi connectivity index (χ2n) is 7.77.